The highest BCUT2D eigenvalue weighted by Crippen LogP contribution is 2.67. The van der Waals surface area contributed by atoms with E-state index >= 15 is 26.3 Å². The Morgan fingerprint density at radius 3 is 1.15 bits per heavy atom. The number of ether oxygens (including phenoxy) is 2. The molecule has 1 aliphatic rings. The number of benzene rings is 2. The fraction of sp³-hybridized carbons (Fsp3) is 0.290. The van der Waals surface area contributed by atoms with E-state index in [1.165, 1.54) is 28.1 Å². The van der Waals surface area contributed by atoms with E-state index < -0.39 is 28.9 Å². The SMILES string of the molecule is COc1ccc(-c2c(C)sc(C3=C(c4sc(C)c(-c5ccc(OC)cc5)c4C)C(F)(F)C(F)(F)C3(F)F)c2C)cc1. The Morgan fingerprint density at radius 1 is 0.537 bits per heavy atom. The van der Waals surface area contributed by atoms with Gasteiger partial charge >= 0.3 is 17.8 Å². The van der Waals surface area contributed by atoms with Gasteiger partial charge in [0.1, 0.15) is 11.5 Å². The Labute approximate surface area is 241 Å². The molecule has 0 saturated carbocycles. The van der Waals surface area contributed by atoms with Crippen LogP contribution in [-0.4, -0.2) is 32.0 Å². The Morgan fingerprint density at radius 2 is 0.854 bits per heavy atom. The molecule has 0 radical (unpaired) electrons. The van der Waals surface area contributed by atoms with Crippen LogP contribution < -0.4 is 9.47 Å². The van der Waals surface area contributed by atoms with Gasteiger partial charge in [0.15, 0.2) is 0 Å². The van der Waals surface area contributed by atoms with Crippen LogP contribution in [0.1, 0.15) is 30.6 Å². The van der Waals surface area contributed by atoms with Gasteiger partial charge in [-0.1, -0.05) is 24.3 Å². The molecule has 2 aromatic heterocycles. The lowest BCUT2D eigenvalue weighted by atomic mass is 9.94. The van der Waals surface area contributed by atoms with Crippen molar-refractivity contribution in [3.05, 3.63) is 79.2 Å². The summed E-state index contributed by atoms with van der Waals surface area (Å²) in [4.78, 5) is 0.534. The normalized spacial score (nSPS) is 17.3. The molecule has 0 fully saturated rings. The van der Waals surface area contributed by atoms with Crippen molar-refractivity contribution in [2.75, 3.05) is 14.2 Å². The number of aryl methyl sites for hydroxylation is 2. The molecular weight excluding hydrogens is 582 g/mol. The van der Waals surface area contributed by atoms with E-state index in [2.05, 4.69) is 0 Å². The van der Waals surface area contributed by atoms with Gasteiger partial charge in [0.2, 0.25) is 0 Å². The van der Waals surface area contributed by atoms with E-state index in [1.54, 1.807) is 62.4 Å². The van der Waals surface area contributed by atoms with Crippen LogP contribution in [0.4, 0.5) is 26.3 Å². The van der Waals surface area contributed by atoms with Crippen LogP contribution in [0, 0.1) is 27.7 Å². The number of hydrogen-bond acceptors (Lipinski definition) is 4. The van der Waals surface area contributed by atoms with Gasteiger partial charge in [-0.25, -0.2) is 0 Å². The molecule has 0 N–H and O–H groups in total. The van der Waals surface area contributed by atoms with Gasteiger partial charge in [-0.3, -0.25) is 0 Å². The van der Waals surface area contributed by atoms with Gasteiger partial charge in [-0.2, -0.15) is 26.3 Å². The number of halogens is 6. The first-order chi connectivity index (χ1) is 19.2. The number of allylic oxidation sites excluding steroid dienone is 2. The summed E-state index contributed by atoms with van der Waals surface area (Å²) in [5.41, 5.74) is 0.176. The average Bonchev–Trinajstić information content (AvgIpc) is 3.42. The topological polar surface area (TPSA) is 18.5 Å². The molecule has 4 aromatic rings. The average molecular weight is 609 g/mol. The Balaban J connectivity index is 1.79. The largest absolute Gasteiger partial charge is 0.497 e. The maximum Gasteiger partial charge on any atom is 0.380 e. The van der Waals surface area contributed by atoms with E-state index in [0.29, 0.717) is 43.5 Å². The monoisotopic (exact) mass is 608 g/mol. The van der Waals surface area contributed by atoms with Crippen molar-refractivity contribution in [1.29, 1.82) is 0 Å². The summed E-state index contributed by atoms with van der Waals surface area (Å²) in [6.07, 6.45) is 0. The van der Waals surface area contributed by atoms with Crippen LogP contribution in [0.2, 0.25) is 0 Å². The summed E-state index contributed by atoms with van der Waals surface area (Å²) in [5, 5.41) is 0. The molecule has 2 aromatic carbocycles. The van der Waals surface area contributed by atoms with E-state index in [4.69, 9.17) is 9.47 Å². The first-order valence-electron chi connectivity index (χ1n) is 12.6. The molecule has 0 atom stereocenters. The van der Waals surface area contributed by atoms with Crippen LogP contribution >= 0.6 is 22.7 Å². The lowest BCUT2D eigenvalue weighted by molar-refractivity contribution is -0.254. The maximum absolute atomic E-state index is 15.7. The standard InChI is InChI=1S/C31H26F6O2S2/c1-15-23(19-7-11-21(38-5)12-8-19)17(3)40-27(15)25-26(30(34,35)31(36,37)29(25,32)33)28-16(2)24(18(4)41-28)20-9-13-22(39-6)14-10-20/h7-14H,1-6H3. The molecule has 0 saturated heterocycles. The Kier molecular flexibility index (Phi) is 7.10. The minimum atomic E-state index is -5.63. The van der Waals surface area contributed by atoms with Crippen molar-refractivity contribution >= 4 is 33.8 Å². The summed E-state index contributed by atoms with van der Waals surface area (Å²) in [6, 6.07) is 13.6. The lowest BCUT2D eigenvalue weighted by Crippen LogP contribution is -2.48. The van der Waals surface area contributed by atoms with Gasteiger partial charge in [-0.05, 0) is 85.3 Å². The van der Waals surface area contributed by atoms with Gasteiger partial charge in [-0.15, -0.1) is 22.7 Å². The van der Waals surface area contributed by atoms with E-state index in [9.17, 15) is 0 Å². The van der Waals surface area contributed by atoms with E-state index in [-0.39, 0.29) is 20.9 Å². The molecule has 216 valence electrons. The number of methoxy groups -OCH3 is 2. The molecule has 2 heterocycles. The minimum absolute atomic E-state index is 0.236. The molecule has 0 amide bonds. The summed E-state index contributed by atoms with van der Waals surface area (Å²) < 4.78 is 103. The summed E-state index contributed by atoms with van der Waals surface area (Å²) in [7, 11) is 3.00. The molecular formula is C31H26F6O2S2. The van der Waals surface area contributed by atoms with Crippen molar-refractivity contribution in [2.45, 2.75) is 45.5 Å². The summed E-state index contributed by atoms with van der Waals surface area (Å²) >= 11 is 1.64. The molecule has 10 heteroatoms. The van der Waals surface area contributed by atoms with Gasteiger partial charge in [0.25, 0.3) is 0 Å². The highest BCUT2D eigenvalue weighted by Gasteiger charge is 2.80. The van der Waals surface area contributed by atoms with Gasteiger partial charge < -0.3 is 9.47 Å². The predicted molar refractivity (Wildman–Crippen MR) is 153 cm³/mol. The number of thiophene rings is 2. The second-order valence-electron chi connectivity index (χ2n) is 9.90. The maximum atomic E-state index is 15.7. The van der Waals surface area contributed by atoms with E-state index in [1.807, 2.05) is 0 Å². The van der Waals surface area contributed by atoms with Crippen LogP contribution in [0.15, 0.2) is 48.5 Å². The highest BCUT2D eigenvalue weighted by atomic mass is 32.1. The number of rotatable bonds is 6. The lowest BCUT2D eigenvalue weighted by Gasteiger charge is -2.25. The molecule has 0 bridgehead atoms. The zero-order valence-electron chi connectivity index (χ0n) is 23.0. The van der Waals surface area contributed by atoms with Crippen molar-refractivity contribution in [2.24, 2.45) is 0 Å². The van der Waals surface area contributed by atoms with Crippen molar-refractivity contribution in [3.63, 3.8) is 0 Å². The minimum Gasteiger partial charge on any atom is -0.497 e. The Hall–Kier alpha value is -3.24. The smallest absolute Gasteiger partial charge is 0.380 e. The molecule has 1 aliphatic carbocycles. The van der Waals surface area contributed by atoms with Crippen molar-refractivity contribution < 1.29 is 35.8 Å². The van der Waals surface area contributed by atoms with E-state index in [0.717, 1.165) is 22.7 Å². The fourth-order valence-corrected chi connectivity index (χ4v) is 8.02. The van der Waals surface area contributed by atoms with Crippen molar-refractivity contribution in [3.8, 4) is 33.8 Å². The first-order valence-corrected chi connectivity index (χ1v) is 14.2. The molecule has 2 nitrogen and oxygen atoms in total. The third-order valence-electron chi connectivity index (χ3n) is 7.52. The summed E-state index contributed by atoms with van der Waals surface area (Å²) in [5.74, 6) is -14.7. The molecule has 0 spiro atoms. The van der Waals surface area contributed by atoms with Crippen molar-refractivity contribution in [1.82, 2.24) is 0 Å². The second-order valence-corrected chi connectivity index (χ2v) is 12.4. The van der Waals surface area contributed by atoms with Gasteiger partial charge in [0, 0.05) is 19.5 Å². The zero-order chi connectivity index (χ0) is 30.1. The van der Waals surface area contributed by atoms with Crippen LogP contribution in [0.3, 0.4) is 0 Å². The second kappa shape index (κ2) is 9.94. The number of alkyl halides is 6. The van der Waals surface area contributed by atoms with Crippen LogP contribution in [0.25, 0.3) is 33.4 Å². The molecule has 0 aliphatic heterocycles. The summed E-state index contributed by atoms with van der Waals surface area (Å²) in [6.45, 7) is 6.32. The Bertz CT molecular complexity index is 1540. The quantitative estimate of drug-likeness (QED) is 0.203. The van der Waals surface area contributed by atoms with Crippen LogP contribution in [0.5, 0.6) is 11.5 Å². The zero-order valence-corrected chi connectivity index (χ0v) is 24.7. The highest BCUT2D eigenvalue weighted by molar-refractivity contribution is 7.15. The molecule has 5 rings (SSSR count). The molecule has 41 heavy (non-hydrogen) atoms. The third kappa shape index (κ3) is 4.21. The van der Waals surface area contributed by atoms with Gasteiger partial charge in [0.05, 0.1) is 25.4 Å². The number of hydrogen-bond donors (Lipinski definition) is 0. The molecule has 0 unspecified atom stereocenters. The fourth-order valence-electron chi connectivity index (χ4n) is 5.49. The first kappa shape index (κ1) is 29.3. The third-order valence-corrected chi connectivity index (χ3v) is 9.97. The van der Waals surface area contributed by atoms with Crippen LogP contribution in [-0.2, 0) is 0 Å². The predicted octanol–water partition coefficient (Wildman–Crippen LogP) is 10.2.